The maximum absolute atomic E-state index is 10.9. The van der Waals surface area contributed by atoms with E-state index in [0.717, 1.165) is 24.0 Å². The Hall–Kier alpha value is -2.08. The minimum Gasteiger partial charge on any atom is -0.507 e. The summed E-state index contributed by atoms with van der Waals surface area (Å²) < 4.78 is 0. The molecule has 0 aromatic heterocycles. The molecule has 0 amide bonds. The van der Waals surface area contributed by atoms with Gasteiger partial charge in [0.25, 0.3) is 0 Å². The van der Waals surface area contributed by atoms with E-state index in [1.165, 1.54) is 11.3 Å². The smallest absolute Gasteiger partial charge is 0.317 e. The molecule has 0 radical (unpaired) electrons. The van der Waals surface area contributed by atoms with Crippen molar-refractivity contribution in [3.05, 3.63) is 28.8 Å². The summed E-state index contributed by atoms with van der Waals surface area (Å²) in [5, 5.41) is 28.4. The van der Waals surface area contributed by atoms with Gasteiger partial charge in [-0.1, -0.05) is 51.8 Å². The molecule has 0 fully saturated rings. The molecule has 3 N–H and O–H groups in total. The highest BCUT2D eigenvalue weighted by atomic mass is 16.4. The van der Waals surface area contributed by atoms with Crippen molar-refractivity contribution in [2.75, 3.05) is 13.1 Å². The molecule has 0 aliphatic rings. The number of nitrogens with zero attached hydrogens (tertiary/aromatic N) is 1. The number of carbonyl (C=O) groups is 2. The summed E-state index contributed by atoms with van der Waals surface area (Å²) in [5.41, 5.74) is 2.37. The van der Waals surface area contributed by atoms with E-state index in [-0.39, 0.29) is 31.3 Å². The normalized spacial score (nSPS) is 10.6. The van der Waals surface area contributed by atoms with Gasteiger partial charge in [0.15, 0.2) is 0 Å². The second-order valence-electron chi connectivity index (χ2n) is 6.52. The molecule has 0 spiro atoms. The predicted molar refractivity (Wildman–Crippen MR) is 103 cm³/mol. The van der Waals surface area contributed by atoms with E-state index >= 15 is 0 Å². The monoisotopic (exact) mass is 367 g/mol. The highest BCUT2D eigenvalue weighted by molar-refractivity contribution is 5.72. The minimum absolute atomic E-state index is 0.0826. The highest BCUT2D eigenvalue weighted by Crippen LogP contribution is 2.34. The largest absolute Gasteiger partial charge is 0.507 e. The first-order valence-electron chi connectivity index (χ1n) is 9.18. The van der Waals surface area contributed by atoms with Crippen molar-refractivity contribution in [1.29, 1.82) is 0 Å². The number of hydrogen-bond donors (Lipinski definition) is 3. The molecule has 26 heavy (non-hydrogen) atoms. The zero-order chi connectivity index (χ0) is 20.3. The van der Waals surface area contributed by atoms with Crippen molar-refractivity contribution < 1.29 is 24.9 Å². The molecule has 0 unspecified atom stereocenters. The number of phenols is 1. The van der Waals surface area contributed by atoms with E-state index < -0.39 is 11.9 Å². The third-order valence-corrected chi connectivity index (χ3v) is 3.90. The van der Waals surface area contributed by atoms with Crippen LogP contribution in [0.5, 0.6) is 5.75 Å². The molecule has 0 atom stereocenters. The SMILES string of the molecule is CCC.CCC(CC)c1cc(C)cc(CN(CC(=O)O)CC(=O)O)c1O. The number of aryl methyl sites for hydroxylation is 1. The molecule has 0 bridgehead atoms. The van der Waals surface area contributed by atoms with Crippen LogP contribution in [0.4, 0.5) is 0 Å². The van der Waals surface area contributed by atoms with E-state index in [0.29, 0.717) is 5.56 Å². The Balaban J connectivity index is 0.00000194. The first-order chi connectivity index (χ1) is 12.2. The lowest BCUT2D eigenvalue weighted by Crippen LogP contribution is -2.34. The van der Waals surface area contributed by atoms with Gasteiger partial charge in [0.05, 0.1) is 13.1 Å². The van der Waals surface area contributed by atoms with Gasteiger partial charge in [0, 0.05) is 12.1 Å². The van der Waals surface area contributed by atoms with Crippen molar-refractivity contribution in [2.24, 2.45) is 0 Å². The number of carboxylic acid groups (broad SMARTS) is 2. The number of hydrogen-bond acceptors (Lipinski definition) is 4. The Morgan fingerprint density at radius 2 is 1.46 bits per heavy atom. The number of carboxylic acids is 2. The Kier molecular flexibility index (Phi) is 11.3. The molecule has 0 aliphatic heterocycles. The van der Waals surface area contributed by atoms with E-state index in [1.54, 1.807) is 6.07 Å². The van der Waals surface area contributed by atoms with Crippen LogP contribution in [0.1, 0.15) is 69.6 Å². The third kappa shape index (κ3) is 8.34. The summed E-state index contributed by atoms with van der Waals surface area (Å²) >= 11 is 0. The van der Waals surface area contributed by atoms with Crippen molar-refractivity contribution >= 4 is 11.9 Å². The number of aromatic hydroxyl groups is 1. The Labute approximate surface area is 156 Å². The quantitative estimate of drug-likeness (QED) is 0.610. The first kappa shape index (κ1) is 23.9. The molecular formula is C20H33NO5. The van der Waals surface area contributed by atoms with Crippen LogP contribution >= 0.6 is 0 Å². The Morgan fingerprint density at radius 3 is 1.85 bits per heavy atom. The summed E-state index contributed by atoms with van der Waals surface area (Å²) in [6.45, 7) is 9.57. The minimum atomic E-state index is -1.10. The molecule has 1 rings (SSSR count). The fraction of sp³-hybridized carbons (Fsp3) is 0.600. The summed E-state index contributed by atoms with van der Waals surface area (Å²) in [4.78, 5) is 23.1. The zero-order valence-electron chi connectivity index (χ0n) is 16.6. The zero-order valence-corrected chi connectivity index (χ0v) is 16.6. The molecular weight excluding hydrogens is 334 g/mol. The van der Waals surface area contributed by atoms with Crippen LogP contribution in [0.3, 0.4) is 0 Å². The van der Waals surface area contributed by atoms with Gasteiger partial charge >= 0.3 is 11.9 Å². The van der Waals surface area contributed by atoms with Gasteiger partial charge in [-0.05, 0) is 31.2 Å². The summed E-state index contributed by atoms with van der Waals surface area (Å²) in [5.74, 6) is -1.83. The number of phenolic OH excluding ortho intramolecular Hbond substituents is 1. The molecule has 148 valence electrons. The van der Waals surface area contributed by atoms with Crippen molar-refractivity contribution in [3.8, 4) is 5.75 Å². The molecule has 6 heteroatoms. The van der Waals surface area contributed by atoms with Crippen LogP contribution in [-0.4, -0.2) is 45.2 Å². The maximum atomic E-state index is 10.9. The van der Waals surface area contributed by atoms with E-state index in [1.807, 2.05) is 13.0 Å². The fourth-order valence-electron chi connectivity index (χ4n) is 2.84. The van der Waals surface area contributed by atoms with Crippen molar-refractivity contribution in [2.45, 2.75) is 66.3 Å². The molecule has 1 aromatic carbocycles. The van der Waals surface area contributed by atoms with Crippen LogP contribution < -0.4 is 0 Å². The summed E-state index contributed by atoms with van der Waals surface area (Å²) in [7, 11) is 0. The standard InChI is InChI=1S/C17H25NO5.C3H8/c1-4-12(5-2)14-7-11(3)6-13(17(14)23)8-18(9-15(19)20)10-16(21)22;1-3-2/h6-7,12,23H,4-5,8-10H2,1-3H3,(H,19,20)(H,21,22);3H2,1-2H3. The van der Waals surface area contributed by atoms with Gasteiger partial charge in [-0.3, -0.25) is 14.5 Å². The van der Waals surface area contributed by atoms with Crippen LogP contribution in [0, 0.1) is 6.92 Å². The van der Waals surface area contributed by atoms with Crippen LogP contribution in [0.15, 0.2) is 12.1 Å². The number of rotatable bonds is 9. The Morgan fingerprint density at radius 1 is 1.00 bits per heavy atom. The molecule has 1 aromatic rings. The second-order valence-corrected chi connectivity index (χ2v) is 6.52. The Bertz CT molecular complexity index is 566. The molecule has 0 saturated carbocycles. The fourth-order valence-corrected chi connectivity index (χ4v) is 2.84. The van der Waals surface area contributed by atoms with Gasteiger partial charge < -0.3 is 15.3 Å². The van der Waals surface area contributed by atoms with Crippen molar-refractivity contribution in [1.82, 2.24) is 4.90 Å². The van der Waals surface area contributed by atoms with Crippen molar-refractivity contribution in [3.63, 3.8) is 0 Å². The van der Waals surface area contributed by atoms with Gasteiger partial charge in [-0.2, -0.15) is 0 Å². The molecule has 0 aliphatic carbocycles. The lowest BCUT2D eigenvalue weighted by Gasteiger charge is -2.22. The van der Waals surface area contributed by atoms with Gasteiger partial charge in [0.1, 0.15) is 5.75 Å². The van der Waals surface area contributed by atoms with E-state index in [9.17, 15) is 14.7 Å². The van der Waals surface area contributed by atoms with Gasteiger partial charge in [-0.15, -0.1) is 0 Å². The van der Waals surface area contributed by atoms with Crippen LogP contribution in [-0.2, 0) is 16.1 Å². The van der Waals surface area contributed by atoms with Gasteiger partial charge in [0.2, 0.25) is 0 Å². The number of aliphatic carboxylic acids is 2. The maximum Gasteiger partial charge on any atom is 0.317 e. The lowest BCUT2D eigenvalue weighted by molar-refractivity contribution is -0.142. The first-order valence-corrected chi connectivity index (χ1v) is 9.18. The predicted octanol–water partition coefficient (Wildman–Crippen LogP) is 3.99. The molecule has 6 nitrogen and oxygen atoms in total. The summed E-state index contributed by atoms with van der Waals surface area (Å²) in [6, 6.07) is 3.72. The van der Waals surface area contributed by atoms with Crippen LogP contribution in [0.25, 0.3) is 0 Å². The molecule has 0 saturated heterocycles. The topological polar surface area (TPSA) is 98.1 Å². The average Bonchev–Trinajstić information content (AvgIpc) is 2.52. The van der Waals surface area contributed by atoms with Gasteiger partial charge in [-0.25, -0.2) is 0 Å². The van der Waals surface area contributed by atoms with E-state index in [2.05, 4.69) is 27.7 Å². The van der Waals surface area contributed by atoms with E-state index in [4.69, 9.17) is 10.2 Å². The number of benzene rings is 1. The summed E-state index contributed by atoms with van der Waals surface area (Å²) in [6.07, 6.45) is 3.03. The van der Waals surface area contributed by atoms with Crippen LogP contribution in [0.2, 0.25) is 0 Å². The second kappa shape index (κ2) is 12.3. The highest BCUT2D eigenvalue weighted by Gasteiger charge is 2.19. The third-order valence-electron chi connectivity index (χ3n) is 3.90. The molecule has 0 heterocycles. The average molecular weight is 367 g/mol. The lowest BCUT2D eigenvalue weighted by atomic mass is 9.90.